The third-order valence-electron chi connectivity index (χ3n) is 3.46. The number of hydrogen-bond donors (Lipinski definition) is 0. The summed E-state index contributed by atoms with van der Waals surface area (Å²) in [5, 5.41) is 0. The average Bonchev–Trinajstić information content (AvgIpc) is 2.31. The van der Waals surface area contributed by atoms with Crippen LogP contribution in [0, 0.1) is 19.8 Å². The average molecular weight is 297 g/mol. The number of hydrogen-bond acceptors (Lipinski definition) is 0. The summed E-state index contributed by atoms with van der Waals surface area (Å²) in [6, 6.07) is 6.79. The second kappa shape index (κ2) is 7.20. The summed E-state index contributed by atoms with van der Waals surface area (Å²) in [6.07, 6.45) is 5.18. The number of benzene rings is 1. The maximum Gasteiger partial charge on any atom is 0.0426 e. The van der Waals surface area contributed by atoms with E-state index in [-0.39, 0.29) is 0 Å². The highest BCUT2D eigenvalue weighted by atomic mass is 79.9. The Morgan fingerprint density at radius 3 is 2.18 bits per heavy atom. The molecule has 0 saturated heterocycles. The van der Waals surface area contributed by atoms with Gasteiger partial charge < -0.3 is 0 Å². The van der Waals surface area contributed by atoms with Crippen molar-refractivity contribution in [3.63, 3.8) is 0 Å². The highest BCUT2D eigenvalue weighted by Gasteiger charge is 2.20. The first kappa shape index (κ1) is 14.8. The summed E-state index contributed by atoms with van der Waals surface area (Å²) >= 11 is 3.94. The van der Waals surface area contributed by atoms with Gasteiger partial charge in [0.25, 0.3) is 0 Å². The number of halogens is 1. The second-order valence-electron chi connectivity index (χ2n) is 5.10. The van der Waals surface area contributed by atoms with Crippen molar-refractivity contribution in [2.45, 2.75) is 58.2 Å². The number of alkyl halides is 1. The van der Waals surface area contributed by atoms with Crippen LogP contribution in [0.4, 0.5) is 0 Å². The van der Waals surface area contributed by atoms with E-state index in [4.69, 9.17) is 0 Å². The Hall–Kier alpha value is -0.300. The van der Waals surface area contributed by atoms with Gasteiger partial charge in [-0.25, -0.2) is 0 Å². The highest BCUT2D eigenvalue weighted by Crippen LogP contribution is 2.38. The summed E-state index contributed by atoms with van der Waals surface area (Å²) in [5.74, 6) is 0.769. The molecule has 0 aliphatic heterocycles. The maximum absolute atomic E-state index is 3.94. The molecule has 0 bridgehead atoms. The first-order valence-corrected chi connectivity index (χ1v) is 7.72. The van der Waals surface area contributed by atoms with Gasteiger partial charge in [0.15, 0.2) is 0 Å². The van der Waals surface area contributed by atoms with Crippen LogP contribution >= 0.6 is 15.9 Å². The molecule has 0 spiro atoms. The molecule has 0 N–H and O–H groups in total. The van der Waals surface area contributed by atoms with Crippen LogP contribution < -0.4 is 0 Å². The van der Waals surface area contributed by atoms with Crippen molar-refractivity contribution in [3.8, 4) is 0 Å². The van der Waals surface area contributed by atoms with Gasteiger partial charge in [0.2, 0.25) is 0 Å². The van der Waals surface area contributed by atoms with Crippen molar-refractivity contribution in [1.29, 1.82) is 0 Å². The zero-order valence-electron chi connectivity index (χ0n) is 11.6. The molecule has 0 aliphatic carbocycles. The van der Waals surface area contributed by atoms with Crippen molar-refractivity contribution < 1.29 is 0 Å². The van der Waals surface area contributed by atoms with Gasteiger partial charge in [0.1, 0.15) is 0 Å². The van der Waals surface area contributed by atoms with E-state index in [1.165, 1.54) is 42.4 Å². The van der Waals surface area contributed by atoms with E-state index in [0.29, 0.717) is 4.83 Å². The van der Waals surface area contributed by atoms with E-state index in [2.05, 4.69) is 61.8 Å². The highest BCUT2D eigenvalue weighted by molar-refractivity contribution is 9.09. The van der Waals surface area contributed by atoms with Gasteiger partial charge in [-0.3, -0.25) is 0 Å². The molecule has 1 rings (SSSR count). The Morgan fingerprint density at radius 1 is 1.06 bits per heavy atom. The van der Waals surface area contributed by atoms with Crippen molar-refractivity contribution >= 4 is 15.9 Å². The van der Waals surface area contributed by atoms with Gasteiger partial charge in [0, 0.05) is 4.83 Å². The van der Waals surface area contributed by atoms with E-state index in [0.717, 1.165) is 5.92 Å². The largest absolute Gasteiger partial charge is 0.0836 e. The molecule has 17 heavy (non-hydrogen) atoms. The van der Waals surface area contributed by atoms with Crippen LogP contribution in [-0.4, -0.2) is 0 Å². The van der Waals surface area contributed by atoms with Crippen LogP contribution in [0.25, 0.3) is 0 Å². The van der Waals surface area contributed by atoms with E-state index in [9.17, 15) is 0 Å². The molecule has 1 aromatic carbocycles. The first-order chi connectivity index (χ1) is 8.10. The molecule has 1 aromatic rings. The SMILES string of the molecule is CCCC(CCC)C(Br)c1cc(C)ccc1C. The Bertz CT molecular complexity index is 337. The lowest BCUT2D eigenvalue weighted by Crippen LogP contribution is -2.09. The standard InChI is InChI=1S/C16H25Br/c1-5-7-14(8-6-2)16(17)15-11-12(3)9-10-13(15)4/h9-11,14,16H,5-8H2,1-4H3. The Morgan fingerprint density at radius 2 is 1.65 bits per heavy atom. The number of rotatable bonds is 6. The number of aryl methyl sites for hydroxylation is 2. The summed E-state index contributed by atoms with van der Waals surface area (Å²) < 4.78 is 0. The van der Waals surface area contributed by atoms with E-state index < -0.39 is 0 Å². The molecule has 0 heterocycles. The Labute approximate surface area is 115 Å². The Kier molecular flexibility index (Phi) is 6.26. The van der Waals surface area contributed by atoms with Gasteiger partial charge in [-0.15, -0.1) is 0 Å². The molecule has 0 fully saturated rings. The molecule has 1 atom stereocenters. The summed E-state index contributed by atoms with van der Waals surface area (Å²) in [4.78, 5) is 0.516. The van der Waals surface area contributed by atoms with E-state index >= 15 is 0 Å². The fourth-order valence-electron chi connectivity index (χ4n) is 2.49. The molecule has 0 aromatic heterocycles. The maximum atomic E-state index is 3.94. The molecule has 0 saturated carbocycles. The van der Waals surface area contributed by atoms with Crippen LogP contribution in [0.5, 0.6) is 0 Å². The predicted molar refractivity (Wildman–Crippen MR) is 80.9 cm³/mol. The van der Waals surface area contributed by atoms with E-state index in [1.54, 1.807) is 0 Å². The smallest absolute Gasteiger partial charge is 0.0426 e. The summed E-state index contributed by atoms with van der Waals surface area (Å²) in [5.41, 5.74) is 4.26. The topological polar surface area (TPSA) is 0 Å². The zero-order chi connectivity index (χ0) is 12.8. The second-order valence-corrected chi connectivity index (χ2v) is 6.09. The van der Waals surface area contributed by atoms with Gasteiger partial charge in [-0.05, 0) is 43.7 Å². The molecule has 96 valence electrons. The third kappa shape index (κ3) is 4.13. The zero-order valence-corrected chi connectivity index (χ0v) is 13.2. The minimum absolute atomic E-state index is 0.516. The van der Waals surface area contributed by atoms with Crippen molar-refractivity contribution in [2.24, 2.45) is 5.92 Å². The molecule has 0 nitrogen and oxygen atoms in total. The molecular weight excluding hydrogens is 272 g/mol. The normalized spacial score (nSPS) is 13.1. The third-order valence-corrected chi connectivity index (χ3v) is 4.71. The minimum Gasteiger partial charge on any atom is -0.0836 e. The van der Waals surface area contributed by atoms with Crippen LogP contribution in [0.2, 0.25) is 0 Å². The van der Waals surface area contributed by atoms with Crippen molar-refractivity contribution in [2.75, 3.05) is 0 Å². The molecule has 0 radical (unpaired) electrons. The molecule has 1 unspecified atom stereocenters. The molecule has 0 amide bonds. The van der Waals surface area contributed by atoms with Gasteiger partial charge in [-0.2, -0.15) is 0 Å². The predicted octanol–water partition coefficient (Wildman–Crippen LogP) is 5.96. The monoisotopic (exact) mass is 296 g/mol. The van der Waals surface area contributed by atoms with Crippen LogP contribution in [0.3, 0.4) is 0 Å². The lowest BCUT2D eigenvalue weighted by atomic mass is 9.88. The van der Waals surface area contributed by atoms with Crippen LogP contribution in [0.1, 0.15) is 61.0 Å². The minimum atomic E-state index is 0.516. The summed E-state index contributed by atoms with van der Waals surface area (Å²) in [6.45, 7) is 8.96. The van der Waals surface area contributed by atoms with Gasteiger partial charge in [-0.1, -0.05) is 66.4 Å². The lowest BCUT2D eigenvalue weighted by Gasteiger charge is -2.24. The van der Waals surface area contributed by atoms with Gasteiger partial charge in [0.05, 0.1) is 0 Å². The van der Waals surface area contributed by atoms with Crippen LogP contribution in [0.15, 0.2) is 18.2 Å². The fourth-order valence-corrected chi connectivity index (χ4v) is 3.51. The quantitative estimate of drug-likeness (QED) is 0.569. The van der Waals surface area contributed by atoms with Crippen molar-refractivity contribution in [1.82, 2.24) is 0 Å². The Balaban J connectivity index is 2.91. The lowest BCUT2D eigenvalue weighted by molar-refractivity contribution is 0.434. The molecular formula is C16H25Br. The van der Waals surface area contributed by atoms with Crippen LogP contribution in [-0.2, 0) is 0 Å². The molecule has 1 heteroatoms. The van der Waals surface area contributed by atoms with Crippen molar-refractivity contribution in [3.05, 3.63) is 34.9 Å². The fraction of sp³-hybridized carbons (Fsp3) is 0.625. The first-order valence-electron chi connectivity index (χ1n) is 6.81. The van der Waals surface area contributed by atoms with Gasteiger partial charge >= 0.3 is 0 Å². The van der Waals surface area contributed by atoms with E-state index in [1.807, 2.05) is 0 Å². The summed E-state index contributed by atoms with van der Waals surface area (Å²) in [7, 11) is 0. The molecule has 0 aliphatic rings.